The van der Waals surface area contributed by atoms with Gasteiger partial charge in [-0.3, -0.25) is 9.59 Å². The highest BCUT2D eigenvalue weighted by Crippen LogP contribution is 2.25. The second-order valence-corrected chi connectivity index (χ2v) is 5.59. The van der Waals surface area contributed by atoms with Crippen LogP contribution in [-0.4, -0.2) is 48.3 Å². The van der Waals surface area contributed by atoms with E-state index in [2.05, 4.69) is 0 Å². The molecule has 0 spiro atoms. The van der Waals surface area contributed by atoms with Crippen LogP contribution in [0.4, 0.5) is 10.1 Å². The summed E-state index contributed by atoms with van der Waals surface area (Å²) >= 11 is 0. The number of aryl methyl sites for hydroxylation is 1. The molecule has 1 heterocycles. The van der Waals surface area contributed by atoms with Gasteiger partial charge in [0.15, 0.2) is 0 Å². The molecule has 1 saturated heterocycles. The molecule has 0 saturated carbocycles. The summed E-state index contributed by atoms with van der Waals surface area (Å²) in [5.74, 6) is -1.18. The van der Waals surface area contributed by atoms with Crippen molar-refractivity contribution in [3.63, 3.8) is 0 Å². The van der Waals surface area contributed by atoms with Gasteiger partial charge in [-0.15, -0.1) is 0 Å². The van der Waals surface area contributed by atoms with Crippen LogP contribution in [0.5, 0.6) is 0 Å². The van der Waals surface area contributed by atoms with E-state index in [1.54, 1.807) is 21.0 Å². The van der Waals surface area contributed by atoms with Crippen molar-refractivity contribution in [2.24, 2.45) is 0 Å². The number of nitrogen functional groups attached to an aromatic ring is 1. The number of hydrogen-bond acceptors (Lipinski definition) is 3. The first-order valence-corrected chi connectivity index (χ1v) is 6.90. The number of rotatable bonds is 2. The molecule has 114 valence electrons. The molecular weight excluding hydrogens is 273 g/mol. The Morgan fingerprint density at radius 1 is 1.38 bits per heavy atom. The maximum Gasteiger partial charge on any atom is 0.257 e. The van der Waals surface area contributed by atoms with Crippen molar-refractivity contribution in [1.82, 2.24) is 9.80 Å². The van der Waals surface area contributed by atoms with Gasteiger partial charge in [0.1, 0.15) is 11.9 Å². The maximum atomic E-state index is 14.2. The molecule has 6 heteroatoms. The van der Waals surface area contributed by atoms with Crippen LogP contribution in [0.15, 0.2) is 12.1 Å². The summed E-state index contributed by atoms with van der Waals surface area (Å²) in [7, 11) is 3.29. The van der Waals surface area contributed by atoms with Crippen molar-refractivity contribution in [2.45, 2.75) is 25.8 Å². The number of benzene rings is 1. The number of anilines is 1. The van der Waals surface area contributed by atoms with Crippen molar-refractivity contribution in [2.75, 3.05) is 26.4 Å². The normalized spacial score (nSPS) is 17.9. The topological polar surface area (TPSA) is 66.6 Å². The molecule has 1 fully saturated rings. The molecule has 5 nitrogen and oxygen atoms in total. The number of nitrogens with zero attached hydrogens (tertiary/aromatic N) is 2. The van der Waals surface area contributed by atoms with E-state index in [9.17, 15) is 14.0 Å². The zero-order chi connectivity index (χ0) is 15.7. The number of carbonyl (C=O) groups excluding carboxylic acids is 2. The van der Waals surface area contributed by atoms with Crippen LogP contribution in [0.1, 0.15) is 28.8 Å². The van der Waals surface area contributed by atoms with Crippen LogP contribution in [0, 0.1) is 12.7 Å². The molecule has 2 N–H and O–H groups in total. The second-order valence-electron chi connectivity index (χ2n) is 5.59. The van der Waals surface area contributed by atoms with Crippen molar-refractivity contribution in [1.29, 1.82) is 0 Å². The molecule has 1 atom stereocenters. The molecule has 21 heavy (non-hydrogen) atoms. The molecule has 2 amide bonds. The largest absolute Gasteiger partial charge is 0.399 e. The second kappa shape index (κ2) is 5.71. The first kappa shape index (κ1) is 15.3. The third kappa shape index (κ3) is 2.84. The lowest BCUT2D eigenvalue weighted by molar-refractivity contribution is -0.132. The lowest BCUT2D eigenvalue weighted by Gasteiger charge is -2.26. The Kier molecular flexibility index (Phi) is 4.16. The molecule has 0 radical (unpaired) electrons. The Morgan fingerprint density at radius 2 is 2.05 bits per heavy atom. The van der Waals surface area contributed by atoms with Gasteiger partial charge in [0.05, 0.1) is 5.56 Å². The molecule has 1 unspecified atom stereocenters. The Bertz CT molecular complexity index is 587. The molecule has 1 aliphatic heterocycles. The minimum Gasteiger partial charge on any atom is -0.399 e. The summed E-state index contributed by atoms with van der Waals surface area (Å²) in [6, 6.07) is 2.30. The van der Waals surface area contributed by atoms with E-state index in [4.69, 9.17) is 5.73 Å². The van der Waals surface area contributed by atoms with Gasteiger partial charge >= 0.3 is 0 Å². The van der Waals surface area contributed by atoms with Crippen LogP contribution < -0.4 is 5.73 Å². The SMILES string of the molecule is Cc1cc(N)cc(C(=O)N2CCCC2C(=O)N(C)C)c1F. The molecule has 0 aliphatic carbocycles. The fourth-order valence-electron chi connectivity index (χ4n) is 2.67. The van der Waals surface area contributed by atoms with Crippen LogP contribution >= 0.6 is 0 Å². The molecule has 1 aromatic carbocycles. The Balaban J connectivity index is 2.33. The highest BCUT2D eigenvalue weighted by atomic mass is 19.1. The molecule has 1 aliphatic rings. The van der Waals surface area contributed by atoms with Gasteiger partial charge in [0, 0.05) is 26.3 Å². The highest BCUT2D eigenvalue weighted by molar-refractivity contribution is 5.99. The summed E-state index contributed by atoms with van der Waals surface area (Å²) in [4.78, 5) is 27.6. The van der Waals surface area contributed by atoms with Crippen molar-refractivity contribution in [3.05, 3.63) is 29.1 Å². The summed E-state index contributed by atoms with van der Waals surface area (Å²) in [6.45, 7) is 2.02. The number of amides is 2. The predicted molar refractivity (Wildman–Crippen MR) is 78.3 cm³/mol. The van der Waals surface area contributed by atoms with E-state index in [1.807, 2.05) is 0 Å². The van der Waals surface area contributed by atoms with Gasteiger partial charge in [-0.1, -0.05) is 0 Å². The third-order valence-electron chi connectivity index (χ3n) is 3.75. The van der Waals surface area contributed by atoms with Crippen LogP contribution in [0.25, 0.3) is 0 Å². The number of likely N-dealkylation sites (tertiary alicyclic amines) is 1. The van der Waals surface area contributed by atoms with Crippen molar-refractivity contribution >= 4 is 17.5 Å². The summed E-state index contributed by atoms with van der Waals surface area (Å²) < 4.78 is 14.2. The first-order valence-electron chi connectivity index (χ1n) is 6.90. The van der Waals surface area contributed by atoms with E-state index in [0.717, 1.165) is 6.42 Å². The molecule has 1 aromatic rings. The lowest BCUT2D eigenvalue weighted by atomic mass is 10.1. The fraction of sp³-hybridized carbons (Fsp3) is 0.467. The average Bonchev–Trinajstić information content (AvgIpc) is 2.90. The number of halogens is 1. The summed E-state index contributed by atoms with van der Waals surface area (Å²) in [6.07, 6.45) is 1.34. The van der Waals surface area contributed by atoms with E-state index in [0.29, 0.717) is 24.2 Å². The lowest BCUT2D eigenvalue weighted by Crippen LogP contribution is -2.45. The third-order valence-corrected chi connectivity index (χ3v) is 3.75. The van der Waals surface area contributed by atoms with Gasteiger partial charge in [-0.25, -0.2) is 4.39 Å². The van der Waals surface area contributed by atoms with Gasteiger partial charge < -0.3 is 15.5 Å². The maximum absolute atomic E-state index is 14.2. The smallest absolute Gasteiger partial charge is 0.257 e. The summed E-state index contributed by atoms with van der Waals surface area (Å²) in [5, 5.41) is 0. The zero-order valence-electron chi connectivity index (χ0n) is 12.5. The number of carbonyl (C=O) groups is 2. The molecule has 2 rings (SSSR count). The van der Waals surface area contributed by atoms with Gasteiger partial charge in [0.25, 0.3) is 5.91 Å². The van der Waals surface area contributed by atoms with Crippen LogP contribution in [0.3, 0.4) is 0 Å². The van der Waals surface area contributed by atoms with E-state index < -0.39 is 17.8 Å². The van der Waals surface area contributed by atoms with Crippen LogP contribution in [-0.2, 0) is 4.79 Å². The Hall–Kier alpha value is -2.11. The molecular formula is C15H20FN3O2. The summed E-state index contributed by atoms with van der Waals surface area (Å²) in [5.41, 5.74) is 6.30. The number of nitrogens with two attached hydrogens (primary N) is 1. The van der Waals surface area contributed by atoms with Gasteiger partial charge in [0.2, 0.25) is 5.91 Å². The number of hydrogen-bond donors (Lipinski definition) is 1. The van der Waals surface area contributed by atoms with Crippen molar-refractivity contribution < 1.29 is 14.0 Å². The molecule has 0 aromatic heterocycles. The fourth-order valence-corrected chi connectivity index (χ4v) is 2.67. The minimum atomic E-state index is -0.572. The average molecular weight is 293 g/mol. The van der Waals surface area contributed by atoms with E-state index >= 15 is 0 Å². The zero-order valence-corrected chi connectivity index (χ0v) is 12.5. The standard InChI is InChI=1S/C15H20FN3O2/c1-9-7-10(17)8-11(13(9)16)14(20)19-6-4-5-12(19)15(21)18(2)3/h7-8,12H,4-6,17H2,1-3H3. The highest BCUT2D eigenvalue weighted by Gasteiger charge is 2.36. The van der Waals surface area contributed by atoms with Crippen molar-refractivity contribution in [3.8, 4) is 0 Å². The first-order chi connectivity index (χ1) is 9.82. The van der Waals surface area contributed by atoms with E-state index in [1.165, 1.54) is 21.9 Å². The van der Waals surface area contributed by atoms with Crippen LogP contribution in [0.2, 0.25) is 0 Å². The van der Waals surface area contributed by atoms with Gasteiger partial charge in [-0.2, -0.15) is 0 Å². The number of likely N-dealkylation sites (N-methyl/N-ethyl adjacent to an activating group) is 1. The Labute approximate surface area is 123 Å². The molecule has 0 bridgehead atoms. The van der Waals surface area contributed by atoms with Gasteiger partial charge in [-0.05, 0) is 37.5 Å². The van der Waals surface area contributed by atoms with E-state index in [-0.39, 0.29) is 11.5 Å². The monoisotopic (exact) mass is 293 g/mol. The minimum absolute atomic E-state index is 0.0639. The Morgan fingerprint density at radius 3 is 2.67 bits per heavy atom. The predicted octanol–water partition coefficient (Wildman–Crippen LogP) is 1.41. The quantitative estimate of drug-likeness (QED) is 0.838.